The third kappa shape index (κ3) is 3.36. The molecule has 0 saturated heterocycles. The molecule has 0 aliphatic heterocycles. The molecule has 0 aromatic heterocycles. The lowest BCUT2D eigenvalue weighted by Crippen LogP contribution is -2.20. The van der Waals surface area contributed by atoms with Gasteiger partial charge in [0.05, 0.1) is 6.61 Å². The minimum atomic E-state index is -0.793. The Kier molecular flexibility index (Phi) is 4.36. The van der Waals surface area contributed by atoms with E-state index in [1.54, 1.807) is 0 Å². The molecule has 2 atom stereocenters. The number of rotatable bonds is 4. The van der Waals surface area contributed by atoms with E-state index < -0.39 is 6.10 Å². The summed E-state index contributed by atoms with van der Waals surface area (Å²) < 4.78 is 5.46. The zero-order valence-corrected chi connectivity index (χ0v) is 9.66. The Morgan fingerprint density at radius 1 is 1.53 bits per heavy atom. The van der Waals surface area contributed by atoms with E-state index in [1.807, 2.05) is 13.0 Å². The van der Waals surface area contributed by atoms with Gasteiger partial charge in [-0.15, -0.1) is 0 Å². The maximum atomic E-state index is 9.17. The van der Waals surface area contributed by atoms with Crippen molar-refractivity contribution in [1.82, 2.24) is 0 Å². The summed E-state index contributed by atoms with van der Waals surface area (Å²) in [4.78, 5) is 0. The third-order valence-electron chi connectivity index (χ3n) is 2.81. The first-order chi connectivity index (χ1) is 7.04. The Bertz CT molecular complexity index is 279. The Morgan fingerprint density at radius 2 is 2.20 bits per heavy atom. The second-order valence-corrected chi connectivity index (χ2v) is 4.29. The lowest BCUT2D eigenvalue weighted by Gasteiger charge is -2.22. The van der Waals surface area contributed by atoms with Crippen molar-refractivity contribution in [2.75, 3.05) is 13.2 Å². The molecule has 1 aliphatic rings. The molecule has 0 aromatic carbocycles. The van der Waals surface area contributed by atoms with Gasteiger partial charge in [0.1, 0.15) is 18.5 Å². The summed E-state index contributed by atoms with van der Waals surface area (Å²) in [5, 5.41) is 17.8. The van der Waals surface area contributed by atoms with E-state index >= 15 is 0 Å². The fraction of sp³-hybridized carbons (Fsp3) is 0.667. The molecule has 0 heterocycles. The van der Waals surface area contributed by atoms with Gasteiger partial charge in [-0.3, -0.25) is 0 Å². The van der Waals surface area contributed by atoms with Gasteiger partial charge in [-0.05, 0) is 37.8 Å². The highest BCUT2D eigenvalue weighted by Gasteiger charge is 2.16. The largest absolute Gasteiger partial charge is 0.491 e. The monoisotopic (exact) mass is 212 g/mol. The minimum absolute atomic E-state index is 0.154. The molecule has 0 aromatic rings. The molecule has 0 fully saturated rings. The molecule has 0 radical (unpaired) electrons. The van der Waals surface area contributed by atoms with Crippen molar-refractivity contribution in [2.24, 2.45) is 5.92 Å². The van der Waals surface area contributed by atoms with Gasteiger partial charge in [-0.2, -0.15) is 0 Å². The summed E-state index contributed by atoms with van der Waals surface area (Å²) in [5.41, 5.74) is 2.51. The van der Waals surface area contributed by atoms with Crippen molar-refractivity contribution >= 4 is 0 Å². The van der Waals surface area contributed by atoms with E-state index in [9.17, 15) is 5.11 Å². The predicted molar refractivity (Wildman–Crippen MR) is 59.3 cm³/mol. The zero-order valence-electron chi connectivity index (χ0n) is 9.66. The fourth-order valence-corrected chi connectivity index (χ4v) is 1.60. The average Bonchev–Trinajstić information content (AvgIpc) is 2.21. The standard InChI is InChI=1S/C12H20O3/c1-8-4-10(3)12(5-9(8)2)15-7-11(14)6-13/h5,8,11,13-14H,4,6-7H2,1-3H3. The van der Waals surface area contributed by atoms with Gasteiger partial charge in [-0.25, -0.2) is 0 Å². The maximum Gasteiger partial charge on any atom is 0.118 e. The molecule has 0 amide bonds. The first-order valence-corrected chi connectivity index (χ1v) is 5.34. The summed E-state index contributed by atoms with van der Waals surface area (Å²) in [6, 6.07) is 0. The molecule has 15 heavy (non-hydrogen) atoms. The predicted octanol–water partition coefficient (Wildman–Crippen LogP) is 1.62. The van der Waals surface area contributed by atoms with Gasteiger partial charge in [0.2, 0.25) is 0 Å². The molecule has 86 valence electrons. The second-order valence-electron chi connectivity index (χ2n) is 4.29. The molecule has 0 bridgehead atoms. The lowest BCUT2D eigenvalue weighted by atomic mass is 9.89. The molecular weight excluding hydrogens is 192 g/mol. The van der Waals surface area contributed by atoms with Crippen LogP contribution in [-0.4, -0.2) is 29.5 Å². The highest BCUT2D eigenvalue weighted by molar-refractivity contribution is 5.29. The number of hydrogen-bond donors (Lipinski definition) is 2. The number of hydrogen-bond acceptors (Lipinski definition) is 3. The van der Waals surface area contributed by atoms with Crippen LogP contribution in [0.5, 0.6) is 0 Å². The summed E-state index contributed by atoms with van der Waals surface area (Å²) >= 11 is 0. The van der Waals surface area contributed by atoms with Crippen molar-refractivity contribution in [3.63, 3.8) is 0 Å². The normalized spacial score (nSPS) is 23.8. The molecular formula is C12H20O3. The molecule has 3 nitrogen and oxygen atoms in total. The van der Waals surface area contributed by atoms with Crippen molar-refractivity contribution in [1.29, 1.82) is 0 Å². The summed E-state index contributed by atoms with van der Waals surface area (Å²) in [7, 11) is 0. The third-order valence-corrected chi connectivity index (χ3v) is 2.81. The average molecular weight is 212 g/mol. The van der Waals surface area contributed by atoms with E-state index in [-0.39, 0.29) is 13.2 Å². The topological polar surface area (TPSA) is 49.7 Å². The smallest absolute Gasteiger partial charge is 0.118 e. The molecule has 2 N–H and O–H groups in total. The Balaban J connectivity index is 2.58. The Labute approximate surface area is 91.1 Å². The van der Waals surface area contributed by atoms with Crippen molar-refractivity contribution in [3.05, 3.63) is 23.0 Å². The summed E-state index contributed by atoms with van der Waals surface area (Å²) in [6.07, 6.45) is 2.24. The number of aliphatic hydroxyl groups excluding tert-OH is 2. The van der Waals surface area contributed by atoms with E-state index in [2.05, 4.69) is 13.8 Å². The fourth-order valence-electron chi connectivity index (χ4n) is 1.60. The summed E-state index contributed by atoms with van der Waals surface area (Å²) in [5.74, 6) is 1.42. The van der Waals surface area contributed by atoms with Crippen LogP contribution in [0, 0.1) is 5.92 Å². The van der Waals surface area contributed by atoms with Crippen LogP contribution in [0.3, 0.4) is 0 Å². The SMILES string of the molecule is CC1=CC(OCC(O)CO)=C(C)CC1C. The van der Waals surface area contributed by atoms with Crippen LogP contribution in [0.4, 0.5) is 0 Å². The maximum absolute atomic E-state index is 9.17. The van der Waals surface area contributed by atoms with Gasteiger partial charge < -0.3 is 14.9 Å². The Hall–Kier alpha value is -0.800. The van der Waals surface area contributed by atoms with Crippen LogP contribution in [0.2, 0.25) is 0 Å². The molecule has 1 rings (SSSR count). The molecule has 0 saturated carbocycles. The highest BCUT2D eigenvalue weighted by atomic mass is 16.5. The lowest BCUT2D eigenvalue weighted by molar-refractivity contribution is 0.0317. The number of aliphatic hydroxyl groups is 2. The van der Waals surface area contributed by atoms with Crippen LogP contribution in [-0.2, 0) is 4.74 Å². The first-order valence-electron chi connectivity index (χ1n) is 5.34. The van der Waals surface area contributed by atoms with Gasteiger partial charge in [0.15, 0.2) is 0 Å². The number of ether oxygens (including phenoxy) is 1. The Morgan fingerprint density at radius 3 is 2.80 bits per heavy atom. The van der Waals surface area contributed by atoms with E-state index in [4.69, 9.17) is 9.84 Å². The van der Waals surface area contributed by atoms with Gasteiger partial charge in [0.25, 0.3) is 0 Å². The highest BCUT2D eigenvalue weighted by Crippen LogP contribution is 2.28. The van der Waals surface area contributed by atoms with Crippen LogP contribution in [0.1, 0.15) is 27.2 Å². The second kappa shape index (κ2) is 5.33. The zero-order chi connectivity index (χ0) is 11.4. The van der Waals surface area contributed by atoms with Crippen LogP contribution in [0.15, 0.2) is 23.0 Å². The van der Waals surface area contributed by atoms with Crippen LogP contribution < -0.4 is 0 Å². The van der Waals surface area contributed by atoms with Crippen LogP contribution >= 0.6 is 0 Å². The molecule has 2 unspecified atom stereocenters. The van der Waals surface area contributed by atoms with E-state index in [1.165, 1.54) is 11.1 Å². The van der Waals surface area contributed by atoms with Gasteiger partial charge in [-0.1, -0.05) is 12.5 Å². The van der Waals surface area contributed by atoms with Crippen molar-refractivity contribution in [3.8, 4) is 0 Å². The number of allylic oxidation sites excluding steroid dienone is 3. The molecule has 0 spiro atoms. The first kappa shape index (κ1) is 12.3. The van der Waals surface area contributed by atoms with Gasteiger partial charge >= 0.3 is 0 Å². The molecule has 3 heteroatoms. The van der Waals surface area contributed by atoms with E-state index in [0.29, 0.717) is 5.92 Å². The summed E-state index contributed by atoms with van der Waals surface area (Å²) in [6.45, 7) is 6.21. The van der Waals surface area contributed by atoms with Crippen LogP contribution in [0.25, 0.3) is 0 Å². The minimum Gasteiger partial charge on any atom is -0.491 e. The quantitative estimate of drug-likeness (QED) is 0.744. The van der Waals surface area contributed by atoms with E-state index in [0.717, 1.165) is 12.2 Å². The van der Waals surface area contributed by atoms with Crippen molar-refractivity contribution in [2.45, 2.75) is 33.3 Å². The van der Waals surface area contributed by atoms with Crippen molar-refractivity contribution < 1.29 is 14.9 Å². The molecule has 1 aliphatic carbocycles. The van der Waals surface area contributed by atoms with Gasteiger partial charge in [0, 0.05) is 0 Å².